The third-order valence-corrected chi connectivity index (χ3v) is 2.37. The van der Waals surface area contributed by atoms with Crippen molar-refractivity contribution in [2.75, 3.05) is 13.2 Å². The van der Waals surface area contributed by atoms with Gasteiger partial charge in [-0.2, -0.15) is 0 Å². The maximum Gasteiger partial charge on any atom is 0.328 e. The second kappa shape index (κ2) is 6.80. The van der Waals surface area contributed by atoms with E-state index in [2.05, 4.69) is 16.0 Å². The molecule has 0 aromatic heterocycles. The molecule has 1 rings (SSSR count). The zero-order chi connectivity index (χ0) is 13.5. The van der Waals surface area contributed by atoms with Gasteiger partial charge in [0.25, 0.3) is 0 Å². The number of carbonyl (C=O) groups is 3. The van der Waals surface area contributed by atoms with Crippen LogP contribution >= 0.6 is 0 Å². The Kier molecular flexibility index (Phi) is 5.37. The minimum absolute atomic E-state index is 0.113. The summed E-state index contributed by atoms with van der Waals surface area (Å²) in [6.07, 6.45) is 2.13. The molecule has 0 saturated heterocycles. The van der Waals surface area contributed by atoms with Gasteiger partial charge < -0.3 is 26.2 Å². The number of carbonyl (C=O) groups excluding carboxylic acids is 2. The van der Waals surface area contributed by atoms with E-state index in [1.54, 1.807) is 0 Å². The van der Waals surface area contributed by atoms with E-state index in [1.165, 1.54) is 0 Å². The summed E-state index contributed by atoms with van der Waals surface area (Å²) in [5.41, 5.74) is 0. The van der Waals surface area contributed by atoms with Crippen LogP contribution in [0.2, 0.25) is 0 Å². The molecule has 1 unspecified atom stereocenters. The number of hydrogen-bond acceptors (Lipinski definition) is 4. The SMILES string of the molecule is O=C(CCNC(=O)NC(CO)C(=O)O)NC1CC1. The molecule has 18 heavy (non-hydrogen) atoms. The minimum Gasteiger partial charge on any atom is -0.480 e. The summed E-state index contributed by atoms with van der Waals surface area (Å²) in [5, 5.41) is 24.4. The molecule has 3 amide bonds. The second-order valence-corrected chi connectivity index (χ2v) is 4.07. The van der Waals surface area contributed by atoms with Gasteiger partial charge in [0.05, 0.1) is 6.61 Å². The molecule has 0 spiro atoms. The molecule has 0 heterocycles. The zero-order valence-corrected chi connectivity index (χ0v) is 9.81. The number of rotatable bonds is 7. The minimum atomic E-state index is -1.34. The Balaban J connectivity index is 2.11. The van der Waals surface area contributed by atoms with Crippen molar-refractivity contribution in [3.8, 4) is 0 Å². The van der Waals surface area contributed by atoms with Crippen molar-refractivity contribution in [3.05, 3.63) is 0 Å². The second-order valence-electron chi connectivity index (χ2n) is 4.07. The van der Waals surface area contributed by atoms with Gasteiger partial charge in [-0.3, -0.25) is 4.79 Å². The molecule has 8 heteroatoms. The van der Waals surface area contributed by atoms with E-state index >= 15 is 0 Å². The van der Waals surface area contributed by atoms with E-state index in [0.717, 1.165) is 12.8 Å². The Morgan fingerprint density at radius 1 is 1.28 bits per heavy atom. The maximum atomic E-state index is 11.2. The Bertz CT molecular complexity index is 329. The van der Waals surface area contributed by atoms with E-state index in [9.17, 15) is 14.4 Å². The van der Waals surface area contributed by atoms with Crippen molar-refractivity contribution in [1.29, 1.82) is 0 Å². The van der Waals surface area contributed by atoms with Gasteiger partial charge >= 0.3 is 12.0 Å². The fraction of sp³-hybridized carbons (Fsp3) is 0.700. The van der Waals surface area contributed by atoms with E-state index < -0.39 is 24.6 Å². The van der Waals surface area contributed by atoms with E-state index in [-0.39, 0.29) is 24.9 Å². The summed E-state index contributed by atoms with van der Waals surface area (Å²) in [7, 11) is 0. The third kappa shape index (κ3) is 5.48. The molecule has 102 valence electrons. The van der Waals surface area contributed by atoms with Crippen LogP contribution in [0.5, 0.6) is 0 Å². The molecule has 0 aromatic rings. The summed E-state index contributed by atoms with van der Waals surface area (Å²) in [4.78, 5) is 33.0. The zero-order valence-electron chi connectivity index (χ0n) is 9.81. The molecule has 1 aliphatic rings. The van der Waals surface area contributed by atoms with Crippen molar-refractivity contribution in [3.63, 3.8) is 0 Å². The van der Waals surface area contributed by atoms with Crippen LogP contribution in [0.3, 0.4) is 0 Å². The van der Waals surface area contributed by atoms with Crippen LogP contribution < -0.4 is 16.0 Å². The number of amides is 3. The predicted molar refractivity (Wildman–Crippen MR) is 60.8 cm³/mol. The number of urea groups is 1. The van der Waals surface area contributed by atoms with Gasteiger partial charge in [0.2, 0.25) is 5.91 Å². The lowest BCUT2D eigenvalue weighted by Gasteiger charge is -2.12. The number of aliphatic carboxylic acids is 1. The van der Waals surface area contributed by atoms with Crippen LogP contribution in [-0.2, 0) is 9.59 Å². The van der Waals surface area contributed by atoms with Crippen LogP contribution in [0.25, 0.3) is 0 Å². The first-order chi connectivity index (χ1) is 8.52. The molecular formula is C10H17N3O5. The lowest BCUT2D eigenvalue weighted by molar-refractivity contribution is -0.140. The van der Waals surface area contributed by atoms with Gasteiger partial charge in [-0.05, 0) is 12.8 Å². The summed E-state index contributed by atoms with van der Waals surface area (Å²) < 4.78 is 0. The van der Waals surface area contributed by atoms with Gasteiger partial charge in [0.1, 0.15) is 0 Å². The summed E-state index contributed by atoms with van der Waals surface area (Å²) in [5.74, 6) is -1.46. The Morgan fingerprint density at radius 2 is 1.94 bits per heavy atom. The molecule has 8 nitrogen and oxygen atoms in total. The van der Waals surface area contributed by atoms with Crippen molar-refractivity contribution < 1.29 is 24.6 Å². The monoisotopic (exact) mass is 259 g/mol. The van der Waals surface area contributed by atoms with Crippen molar-refractivity contribution in [1.82, 2.24) is 16.0 Å². The molecule has 5 N–H and O–H groups in total. The molecule has 0 radical (unpaired) electrons. The quantitative estimate of drug-likeness (QED) is 0.376. The highest BCUT2D eigenvalue weighted by molar-refractivity contribution is 5.83. The lowest BCUT2D eigenvalue weighted by atomic mass is 10.3. The Hall–Kier alpha value is -1.83. The summed E-state index contributed by atoms with van der Waals surface area (Å²) in [6, 6.07) is -1.79. The fourth-order valence-electron chi connectivity index (χ4n) is 1.21. The largest absolute Gasteiger partial charge is 0.480 e. The Labute approximate surface area is 104 Å². The number of aliphatic hydroxyl groups is 1. The molecule has 0 aromatic carbocycles. The van der Waals surface area contributed by atoms with Crippen LogP contribution in [0.4, 0.5) is 4.79 Å². The summed E-state index contributed by atoms with van der Waals surface area (Å²) in [6.45, 7) is -0.576. The Morgan fingerprint density at radius 3 is 2.44 bits per heavy atom. The van der Waals surface area contributed by atoms with E-state index in [0.29, 0.717) is 0 Å². The smallest absolute Gasteiger partial charge is 0.328 e. The van der Waals surface area contributed by atoms with Crippen molar-refractivity contribution in [2.45, 2.75) is 31.3 Å². The average molecular weight is 259 g/mol. The van der Waals surface area contributed by atoms with E-state index in [1.807, 2.05) is 0 Å². The molecule has 1 saturated carbocycles. The molecule has 1 atom stereocenters. The fourth-order valence-corrected chi connectivity index (χ4v) is 1.21. The summed E-state index contributed by atoms with van der Waals surface area (Å²) >= 11 is 0. The average Bonchev–Trinajstić information content (AvgIpc) is 3.09. The maximum absolute atomic E-state index is 11.2. The number of carboxylic acid groups (broad SMARTS) is 1. The normalized spacial score (nSPS) is 15.6. The standard InChI is InChI=1S/C10H17N3O5/c14-5-7(9(16)17)13-10(18)11-4-3-8(15)12-6-1-2-6/h6-7,14H,1-5H2,(H,12,15)(H,16,17)(H2,11,13,18). The van der Waals surface area contributed by atoms with Gasteiger partial charge in [0, 0.05) is 19.0 Å². The molecule has 1 aliphatic carbocycles. The van der Waals surface area contributed by atoms with Crippen molar-refractivity contribution >= 4 is 17.9 Å². The van der Waals surface area contributed by atoms with Gasteiger partial charge in [-0.25, -0.2) is 9.59 Å². The first-order valence-electron chi connectivity index (χ1n) is 5.70. The predicted octanol–water partition coefficient (Wildman–Crippen LogP) is -1.60. The van der Waals surface area contributed by atoms with Crippen molar-refractivity contribution in [2.24, 2.45) is 0 Å². The van der Waals surface area contributed by atoms with Crippen LogP contribution in [0, 0.1) is 0 Å². The molecule has 0 bridgehead atoms. The number of nitrogens with one attached hydrogen (secondary N) is 3. The molecule has 0 aliphatic heterocycles. The highest BCUT2D eigenvalue weighted by Gasteiger charge is 2.23. The highest BCUT2D eigenvalue weighted by atomic mass is 16.4. The van der Waals surface area contributed by atoms with Gasteiger partial charge in [-0.1, -0.05) is 0 Å². The lowest BCUT2D eigenvalue weighted by Crippen LogP contribution is -2.48. The van der Waals surface area contributed by atoms with Crippen LogP contribution in [0.1, 0.15) is 19.3 Å². The van der Waals surface area contributed by atoms with E-state index in [4.69, 9.17) is 10.2 Å². The number of aliphatic hydroxyl groups excluding tert-OH is 1. The van der Waals surface area contributed by atoms with Gasteiger partial charge in [0.15, 0.2) is 6.04 Å². The first-order valence-corrected chi connectivity index (χ1v) is 5.70. The van der Waals surface area contributed by atoms with Crippen LogP contribution in [0.15, 0.2) is 0 Å². The van der Waals surface area contributed by atoms with Crippen LogP contribution in [-0.4, -0.2) is 53.4 Å². The number of carboxylic acids is 1. The third-order valence-electron chi connectivity index (χ3n) is 2.37. The topological polar surface area (TPSA) is 128 Å². The van der Waals surface area contributed by atoms with Gasteiger partial charge in [-0.15, -0.1) is 0 Å². The first kappa shape index (κ1) is 14.2. The number of hydrogen-bond donors (Lipinski definition) is 5. The molecular weight excluding hydrogens is 242 g/mol. The molecule has 1 fully saturated rings. The highest BCUT2D eigenvalue weighted by Crippen LogP contribution is 2.18.